The Morgan fingerprint density at radius 3 is 2.64 bits per heavy atom. The van der Waals surface area contributed by atoms with Gasteiger partial charge in [0.05, 0.1) is 0 Å². The summed E-state index contributed by atoms with van der Waals surface area (Å²) in [5.41, 5.74) is 1.06. The zero-order chi connectivity index (χ0) is 15.8. The fourth-order valence-electron chi connectivity index (χ4n) is 1.96. The van der Waals surface area contributed by atoms with Crippen molar-refractivity contribution in [2.24, 2.45) is 0 Å². The first-order valence-electron chi connectivity index (χ1n) is 7.04. The van der Waals surface area contributed by atoms with E-state index in [1.54, 1.807) is 12.1 Å². The van der Waals surface area contributed by atoms with Crippen molar-refractivity contribution in [3.63, 3.8) is 0 Å². The lowest BCUT2D eigenvalue weighted by atomic mass is 10.1. The summed E-state index contributed by atoms with van der Waals surface area (Å²) >= 11 is 6.06. The summed E-state index contributed by atoms with van der Waals surface area (Å²) in [5.74, 6) is -0.676. The third-order valence-corrected chi connectivity index (χ3v) is 3.47. The number of carbonyl (C=O) groups excluding carboxylic acids is 1. The zero-order valence-electron chi connectivity index (χ0n) is 12.0. The second-order valence-corrected chi connectivity index (χ2v) is 5.17. The maximum Gasteiger partial charge on any atom is 0.257 e. The van der Waals surface area contributed by atoms with Gasteiger partial charge in [-0.1, -0.05) is 41.9 Å². The van der Waals surface area contributed by atoms with Gasteiger partial charge >= 0.3 is 0 Å². The maximum absolute atomic E-state index is 13.3. The van der Waals surface area contributed by atoms with Crippen LogP contribution in [0.15, 0.2) is 48.5 Å². The van der Waals surface area contributed by atoms with Crippen LogP contribution < -0.4 is 10.1 Å². The molecule has 0 aliphatic heterocycles. The number of nitrogens with one attached hydrogen (secondary N) is 1. The summed E-state index contributed by atoms with van der Waals surface area (Å²) < 4.78 is 18.4. The van der Waals surface area contributed by atoms with Crippen molar-refractivity contribution in [3.05, 3.63) is 64.9 Å². The lowest BCUT2D eigenvalue weighted by Crippen LogP contribution is -2.30. The summed E-state index contributed by atoms with van der Waals surface area (Å²) in [5, 5.41) is 3.47. The molecule has 0 bridgehead atoms. The van der Waals surface area contributed by atoms with Gasteiger partial charge in [0, 0.05) is 11.6 Å². The minimum absolute atomic E-state index is 0.0775. The highest BCUT2D eigenvalue weighted by molar-refractivity contribution is 6.31. The molecule has 1 amide bonds. The van der Waals surface area contributed by atoms with E-state index in [1.807, 2.05) is 24.3 Å². The molecule has 2 aromatic carbocycles. The Bertz CT molecular complexity index is 634. The lowest BCUT2D eigenvalue weighted by Gasteiger charge is -2.08. The SMILES string of the molecule is O=C(COc1ccccc1F)NCCCc1ccccc1Cl. The number of hydrogen-bond acceptors (Lipinski definition) is 2. The van der Waals surface area contributed by atoms with E-state index >= 15 is 0 Å². The number of hydrogen-bond donors (Lipinski definition) is 1. The van der Waals surface area contributed by atoms with Crippen molar-refractivity contribution < 1.29 is 13.9 Å². The number of para-hydroxylation sites is 1. The molecule has 2 rings (SSSR count). The fourth-order valence-corrected chi connectivity index (χ4v) is 2.19. The molecule has 0 unspecified atom stereocenters. The van der Waals surface area contributed by atoms with Gasteiger partial charge in [-0.15, -0.1) is 0 Å². The monoisotopic (exact) mass is 321 g/mol. The van der Waals surface area contributed by atoms with Gasteiger partial charge in [-0.05, 0) is 36.6 Å². The van der Waals surface area contributed by atoms with E-state index in [9.17, 15) is 9.18 Å². The topological polar surface area (TPSA) is 38.3 Å². The largest absolute Gasteiger partial charge is 0.481 e. The van der Waals surface area contributed by atoms with E-state index in [2.05, 4.69) is 5.32 Å². The summed E-state index contributed by atoms with van der Waals surface area (Å²) in [6, 6.07) is 13.6. The third kappa shape index (κ3) is 5.04. The molecule has 3 nitrogen and oxygen atoms in total. The van der Waals surface area contributed by atoms with Crippen LogP contribution in [0.4, 0.5) is 4.39 Å². The zero-order valence-corrected chi connectivity index (χ0v) is 12.8. The normalized spacial score (nSPS) is 10.3. The standard InChI is InChI=1S/C17H17ClFNO2/c18-14-8-2-1-6-13(14)7-5-11-20-17(21)12-22-16-10-4-3-9-15(16)19/h1-4,6,8-10H,5,7,11-12H2,(H,20,21). The molecule has 5 heteroatoms. The van der Waals surface area contributed by atoms with Gasteiger partial charge in [-0.3, -0.25) is 4.79 Å². The van der Waals surface area contributed by atoms with Crippen LogP contribution in [-0.4, -0.2) is 19.1 Å². The Balaban J connectivity index is 1.66. The Kier molecular flexibility index (Phi) is 6.22. The smallest absolute Gasteiger partial charge is 0.257 e. The Morgan fingerprint density at radius 2 is 1.86 bits per heavy atom. The number of amides is 1. The van der Waals surface area contributed by atoms with Gasteiger partial charge in [0.1, 0.15) is 0 Å². The number of halogens is 2. The van der Waals surface area contributed by atoms with E-state index in [1.165, 1.54) is 12.1 Å². The van der Waals surface area contributed by atoms with Gasteiger partial charge in [-0.25, -0.2) is 4.39 Å². The van der Waals surface area contributed by atoms with Crippen LogP contribution in [0.5, 0.6) is 5.75 Å². The van der Waals surface area contributed by atoms with E-state index in [4.69, 9.17) is 16.3 Å². The number of ether oxygens (including phenoxy) is 1. The van der Waals surface area contributed by atoms with E-state index in [-0.39, 0.29) is 18.3 Å². The molecule has 0 spiro atoms. The molecule has 0 atom stereocenters. The van der Waals surface area contributed by atoms with Crippen LogP contribution >= 0.6 is 11.6 Å². The van der Waals surface area contributed by atoms with Crippen LogP contribution in [0, 0.1) is 5.82 Å². The minimum Gasteiger partial charge on any atom is -0.481 e. The fraction of sp³-hybridized carbons (Fsp3) is 0.235. The number of aryl methyl sites for hydroxylation is 1. The Labute approximate surface area is 134 Å². The molecule has 2 aromatic rings. The lowest BCUT2D eigenvalue weighted by molar-refractivity contribution is -0.123. The molecule has 0 saturated heterocycles. The number of rotatable bonds is 7. The van der Waals surface area contributed by atoms with Gasteiger partial charge in [0.25, 0.3) is 5.91 Å². The Hall–Kier alpha value is -2.07. The van der Waals surface area contributed by atoms with Crippen LogP contribution in [0.3, 0.4) is 0 Å². The summed E-state index contributed by atoms with van der Waals surface area (Å²) in [4.78, 5) is 11.6. The number of benzene rings is 2. The molecule has 1 N–H and O–H groups in total. The van der Waals surface area contributed by atoms with Crippen molar-refractivity contribution >= 4 is 17.5 Å². The van der Waals surface area contributed by atoms with Crippen LogP contribution in [-0.2, 0) is 11.2 Å². The van der Waals surface area contributed by atoms with E-state index in [0.717, 1.165) is 23.4 Å². The van der Waals surface area contributed by atoms with Gasteiger partial charge in [0.15, 0.2) is 18.2 Å². The van der Waals surface area contributed by atoms with Crippen molar-refractivity contribution in [1.82, 2.24) is 5.32 Å². The van der Waals surface area contributed by atoms with Gasteiger partial charge < -0.3 is 10.1 Å². The molecule has 0 aliphatic rings. The molecular formula is C17H17ClFNO2. The minimum atomic E-state index is -0.478. The molecule has 0 fully saturated rings. The van der Waals surface area contributed by atoms with Crippen molar-refractivity contribution in [2.75, 3.05) is 13.2 Å². The molecule has 0 saturated carbocycles. The highest BCUT2D eigenvalue weighted by Crippen LogP contribution is 2.16. The number of carbonyl (C=O) groups is 1. The van der Waals surface area contributed by atoms with E-state index < -0.39 is 5.82 Å². The first-order valence-corrected chi connectivity index (χ1v) is 7.42. The van der Waals surface area contributed by atoms with E-state index in [0.29, 0.717) is 6.54 Å². The predicted molar refractivity (Wildman–Crippen MR) is 84.7 cm³/mol. The van der Waals surface area contributed by atoms with Crippen LogP contribution in [0.25, 0.3) is 0 Å². The molecule has 22 heavy (non-hydrogen) atoms. The summed E-state index contributed by atoms with van der Waals surface area (Å²) in [7, 11) is 0. The quantitative estimate of drug-likeness (QED) is 0.791. The highest BCUT2D eigenvalue weighted by Gasteiger charge is 2.06. The molecule has 116 valence electrons. The highest BCUT2D eigenvalue weighted by atomic mass is 35.5. The molecule has 0 aromatic heterocycles. The van der Waals surface area contributed by atoms with Crippen molar-refractivity contribution in [1.29, 1.82) is 0 Å². The Morgan fingerprint density at radius 1 is 1.14 bits per heavy atom. The van der Waals surface area contributed by atoms with Crippen LogP contribution in [0.1, 0.15) is 12.0 Å². The van der Waals surface area contributed by atoms with Crippen molar-refractivity contribution in [2.45, 2.75) is 12.8 Å². The maximum atomic E-state index is 13.3. The molecular weight excluding hydrogens is 305 g/mol. The average molecular weight is 322 g/mol. The predicted octanol–water partition coefficient (Wildman–Crippen LogP) is 3.61. The first kappa shape index (κ1) is 16.3. The summed E-state index contributed by atoms with van der Waals surface area (Å²) in [6.07, 6.45) is 1.56. The second kappa shape index (κ2) is 8.39. The van der Waals surface area contributed by atoms with Crippen LogP contribution in [0.2, 0.25) is 5.02 Å². The molecule has 0 radical (unpaired) electrons. The molecule has 0 aliphatic carbocycles. The average Bonchev–Trinajstić information content (AvgIpc) is 2.52. The van der Waals surface area contributed by atoms with Gasteiger partial charge in [-0.2, -0.15) is 0 Å². The van der Waals surface area contributed by atoms with Gasteiger partial charge in [0.2, 0.25) is 0 Å². The molecule has 0 heterocycles. The van der Waals surface area contributed by atoms with Crippen molar-refractivity contribution in [3.8, 4) is 5.75 Å². The third-order valence-electron chi connectivity index (χ3n) is 3.10. The first-order chi connectivity index (χ1) is 10.7. The second-order valence-electron chi connectivity index (χ2n) is 4.76. The summed E-state index contributed by atoms with van der Waals surface area (Å²) in [6.45, 7) is 0.317.